The molecule has 3 atom stereocenters. The van der Waals surface area contributed by atoms with E-state index in [0.717, 1.165) is 46.8 Å². The van der Waals surface area contributed by atoms with Gasteiger partial charge in [0.1, 0.15) is 25.3 Å². The Kier molecular flexibility index (Phi) is 29.4. The van der Waals surface area contributed by atoms with Crippen LogP contribution in [0.25, 0.3) is 11.0 Å². The fourth-order valence-corrected chi connectivity index (χ4v) is 15.0. The van der Waals surface area contributed by atoms with Gasteiger partial charge in [0.15, 0.2) is 11.4 Å². The van der Waals surface area contributed by atoms with Gasteiger partial charge in [-0.15, -0.1) is 9.42 Å². The maximum absolute atomic E-state index is 12.8. The molecule has 4 aromatic rings. The summed E-state index contributed by atoms with van der Waals surface area (Å²) in [4.78, 5) is 67.6. The highest BCUT2D eigenvalue weighted by Crippen LogP contribution is 2.49. The molecule has 0 spiro atoms. The number of carbonyl (C=O) groups excluding carboxylic acids is 3. The van der Waals surface area contributed by atoms with E-state index in [2.05, 4.69) is 47.2 Å². The van der Waals surface area contributed by atoms with Crippen LogP contribution in [0.1, 0.15) is 129 Å². The monoisotopic (exact) mass is 1460 g/mol. The fourth-order valence-electron chi connectivity index (χ4n) is 11.4. The van der Waals surface area contributed by atoms with Crippen molar-refractivity contribution < 1.29 is 87.3 Å². The molecule has 3 aliphatic rings. The van der Waals surface area contributed by atoms with Crippen molar-refractivity contribution in [1.29, 1.82) is 0 Å². The van der Waals surface area contributed by atoms with Crippen LogP contribution in [0.15, 0.2) is 93.3 Å². The molecule has 5 heterocycles. The number of aromatic amines is 1. The molecular formula is C65H90N9O19PS4+2. The second kappa shape index (κ2) is 36.6. The topological polar surface area (TPSA) is 381 Å². The van der Waals surface area contributed by atoms with Crippen LogP contribution >= 0.6 is 29.8 Å². The number of likely N-dealkylation sites (N-methyl/N-ethyl adjacent to an activating group) is 1. The highest BCUT2D eigenvalue weighted by atomic mass is 33.1. The Morgan fingerprint density at radius 2 is 1.54 bits per heavy atom. The van der Waals surface area contributed by atoms with Crippen LogP contribution in [0.3, 0.4) is 0 Å². The molecule has 0 bridgehead atoms. The number of rotatable bonds is 38. The van der Waals surface area contributed by atoms with Crippen LogP contribution in [-0.4, -0.2) is 176 Å². The first kappa shape index (κ1) is 78.6. The molecule has 1 saturated heterocycles. The van der Waals surface area contributed by atoms with Gasteiger partial charge in [-0.25, -0.2) is 9.59 Å². The van der Waals surface area contributed by atoms with Gasteiger partial charge < -0.3 is 59.6 Å². The molecule has 9 N–H and O–H groups in total. The molecule has 2 aromatic carbocycles. The van der Waals surface area contributed by atoms with Crippen LogP contribution < -0.4 is 32.1 Å². The summed E-state index contributed by atoms with van der Waals surface area (Å²) in [7, 11) is -8.43. The predicted octanol–water partition coefficient (Wildman–Crippen LogP) is 8.85. The lowest BCUT2D eigenvalue weighted by Crippen LogP contribution is -2.30. The molecule has 28 nitrogen and oxygen atoms in total. The number of amides is 3. The van der Waals surface area contributed by atoms with Crippen molar-refractivity contribution in [1.82, 2.24) is 30.5 Å². The average Bonchev–Trinajstić information content (AvgIpc) is 1.60. The second-order valence-electron chi connectivity index (χ2n) is 24.7. The van der Waals surface area contributed by atoms with Gasteiger partial charge in [0.05, 0.1) is 78.4 Å². The van der Waals surface area contributed by atoms with E-state index in [1.165, 1.54) is 24.3 Å². The Bertz CT molecular complexity index is 3970. The average molecular weight is 1460 g/mol. The molecule has 33 heteroatoms. The zero-order valence-corrected chi connectivity index (χ0v) is 60.3. The summed E-state index contributed by atoms with van der Waals surface area (Å²) in [6.07, 6.45) is 14.5. The number of alkyl carbamates (subject to hydrolysis) is 2. The van der Waals surface area contributed by atoms with Gasteiger partial charge in [-0.3, -0.25) is 23.7 Å². The van der Waals surface area contributed by atoms with Gasteiger partial charge in [-0.05, 0) is 122 Å². The van der Waals surface area contributed by atoms with E-state index in [1.54, 1.807) is 44.5 Å². The van der Waals surface area contributed by atoms with Crippen LogP contribution in [0.5, 0.6) is 0 Å². The molecule has 536 valence electrons. The zero-order valence-electron chi connectivity index (χ0n) is 56.2. The molecule has 3 amide bonds. The number of nitrogens with zero attached hydrogens (tertiary/aromatic N) is 4. The molecular weight excluding hydrogens is 1370 g/mol. The van der Waals surface area contributed by atoms with E-state index in [-0.39, 0.29) is 76.9 Å². The van der Waals surface area contributed by atoms with E-state index in [1.807, 2.05) is 78.8 Å². The summed E-state index contributed by atoms with van der Waals surface area (Å²) in [5, 5.41) is 8.33. The van der Waals surface area contributed by atoms with E-state index < -0.39 is 69.4 Å². The van der Waals surface area contributed by atoms with Gasteiger partial charge in [0.2, 0.25) is 17.5 Å². The molecule has 2 aromatic heterocycles. The van der Waals surface area contributed by atoms with E-state index in [9.17, 15) is 49.7 Å². The normalized spacial score (nSPS) is 17.2. The predicted molar refractivity (Wildman–Crippen MR) is 374 cm³/mol. The largest absolute Gasteiger partial charge is 0.694 e. The number of H-pyrrole nitrogens is 1. The lowest BCUT2D eigenvalue weighted by Gasteiger charge is -2.25. The van der Waals surface area contributed by atoms with E-state index in [4.69, 9.17) is 43.6 Å². The number of nitrogens with two attached hydrogens (primary N) is 1. The first-order valence-corrected chi connectivity index (χ1v) is 38.5. The number of hydrogen-bond acceptors (Lipinski definition) is 21. The summed E-state index contributed by atoms with van der Waals surface area (Å²) in [6, 6.07) is 9.26. The van der Waals surface area contributed by atoms with Crippen LogP contribution in [-0.2, 0) is 73.4 Å². The molecule has 3 aliphatic heterocycles. The summed E-state index contributed by atoms with van der Waals surface area (Å²) >= 11 is 0. The second-order valence-corrected chi connectivity index (χ2v) is 31.3. The third-order valence-corrected chi connectivity index (χ3v) is 21.5. The molecule has 0 aliphatic carbocycles. The van der Waals surface area contributed by atoms with Crippen molar-refractivity contribution in [3.63, 3.8) is 0 Å². The van der Waals surface area contributed by atoms with Gasteiger partial charge in [-0.1, -0.05) is 65.5 Å². The first-order chi connectivity index (χ1) is 46.5. The number of fused-ring (bicyclic) bond motifs is 3. The minimum atomic E-state index is -4.45. The van der Waals surface area contributed by atoms with Gasteiger partial charge in [0.25, 0.3) is 25.8 Å². The first-order valence-electron chi connectivity index (χ1n) is 32.2. The van der Waals surface area contributed by atoms with Crippen LogP contribution in [0.2, 0.25) is 0 Å². The number of anilines is 2. The minimum Gasteiger partial charge on any atom is -0.450 e. The van der Waals surface area contributed by atoms with Crippen molar-refractivity contribution in [3.05, 3.63) is 106 Å². The smallest absolute Gasteiger partial charge is 0.450 e. The SMILES string of the molecule is CCN1\C(=C/C=C/C=C/C2=[N+](CCCCCC(=O)NCCOCCOCCNC(=O)OCCC(C)(C)SSCOCCCCOC(=O)NCC#Cc3cn([C@H]4CC[C@@H](CO[P+](=O)O)O4)c4nc(N)[nH]c(=O)c34)c3ccc(S(=O)(=O)O)cc3C2(C)C)C(C)(C)c2cc(S(=O)(=O)O)ccc21. The standard InChI is InChI=1S/C65H88N9O19PS4/c1-8-72-51-25-23-47(97(81,82)83)40-49(51)64(4,5)53(72)19-11-9-12-20-54-65(6,7)50-41-48(98(84,85)86)24-26-52(50)73(54)32-14-10-13-21-55(75)67-30-36-87-38-39-88-37-31-69-62(78)91-35-28-63(2,3)96-95-44-89-33-15-16-34-90-61(77)68-29-17-18-45-42-74(58-57(45)59(76)71-60(66)70-58)56-27-22-46(93-56)43-92-94(79)80/h9,11-12,19-20,23-26,40-42,46,56H,8,10,13-16,21-22,27-39,43-44H2,1-7H3,(H7-2,66,67,68,69,70,71,75,76,77,78,79,80,81,82,83,84,85,86)/p+2/t46-,56+/m0/s1. The minimum absolute atomic E-state index is 0.0543. The Labute approximate surface area is 580 Å². The third-order valence-electron chi connectivity index (χ3n) is 16.4. The molecule has 7 rings (SSSR count). The van der Waals surface area contributed by atoms with E-state index in [0.29, 0.717) is 103 Å². The van der Waals surface area contributed by atoms with Crippen LogP contribution in [0.4, 0.5) is 26.9 Å². The Morgan fingerprint density at radius 1 is 0.857 bits per heavy atom. The molecule has 98 heavy (non-hydrogen) atoms. The maximum Gasteiger partial charge on any atom is 0.694 e. The zero-order chi connectivity index (χ0) is 71.3. The van der Waals surface area contributed by atoms with Gasteiger partial charge in [-0.2, -0.15) is 26.4 Å². The number of unbranched alkanes of at least 4 members (excludes halogenated alkanes) is 3. The lowest BCUT2D eigenvalue weighted by atomic mass is 9.81. The number of hydrogen-bond donors (Lipinski definition) is 8. The van der Waals surface area contributed by atoms with Crippen molar-refractivity contribution in [2.75, 3.05) is 102 Å². The van der Waals surface area contributed by atoms with Gasteiger partial charge >= 0.3 is 20.4 Å². The Morgan fingerprint density at radius 3 is 2.26 bits per heavy atom. The number of carbonyl (C=O) groups is 3. The number of allylic oxidation sites excluding steroid dienone is 6. The lowest BCUT2D eigenvalue weighted by molar-refractivity contribution is -0.438. The summed E-state index contributed by atoms with van der Waals surface area (Å²) < 4.78 is 121. The van der Waals surface area contributed by atoms with Crippen LogP contribution in [0, 0.1) is 11.8 Å². The maximum atomic E-state index is 12.8. The highest BCUT2D eigenvalue weighted by Gasteiger charge is 2.45. The summed E-state index contributed by atoms with van der Waals surface area (Å²) in [5.74, 6) is 5.97. The highest BCUT2D eigenvalue weighted by molar-refractivity contribution is 8.77. The Balaban J connectivity index is 0.686. The number of ether oxygens (including phenoxy) is 6. The quantitative estimate of drug-likeness (QED) is 0.00303. The summed E-state index contributed by atoms with van der Waals surface area (Å²) in [6.45, 7) is 17.8. The number of benzene rings is 2. The number of nitrogen functional groups attached to an aromatic ring is 1. The molecule has 0 radical (unpaired) electrons. The van der Waals surface area contributed by atoms with Crippen molar-refractivity contribution >= 4 is 102 Å². The van der Waals surface area contributed by atoms with Gasteiger partial charge in [0, 0.05) is 89.1 Å². The molecule has 1 fully saturated rings. The van der Waals surface area contributed by atoms with Crippen molar-refractivity contribution in [2.24, 2.45) is 0 Å². The molecule has 0 saturated carbocycles. The number of nitrogens with one attached hydrogen (secondary N) is 4. The fraction of sp³-hybridized carbons (Fsp3) is 0.538. The Hall–Kier alpha value is -6.70. The van der Waals surface area contributed by atoms with Crippen molar-refractivity contribution in [3.8, 4) is 11.8 Å². The molecule has 1 unspecified atom stereocenters. The number of aromatic nitrogens is 3. The van der Waals surface area contributed by atoms with E-state index >= 15 is 0 Å². The summed E-state index contributed by atoms with van der Waals surface area (Å²) in [5.41, 5.74) is 9.83. The van der Waals surface area contributed by atoms with Crippen molar-refractivity contribution in [2.45, 2.75) is 144 Å². The third kappa shape index (κ3) is 22.7.